The fourth-order valence-corrected chi connectivity index (χ4v) is 1.15. The standard InChI is InChI=1S/C10H10O3/c1-7-3-4-9(8(2)5-7)10(12)13-6-11/h3-6H,1-2H3. The largest absolute Gasteiger partial charge is 0.392 e. The molecule has 1 aromatic carbocycles. The van der Waals surface area contributed by atoms with Crippen molar-refractivity contribution in [3.8, 4) is 0 Å². The van der Waals surface area contributed by atoms with Crippen LogP contribution in [-0.4, -0.2) is 12.4 Å². The highest BCUT2D eigenvalue weighted by atomic mass is 16.6. The van der Waals surface area contributed by atoms with Gasteiger partial charge in [-0.05, 0) is 25.5 Å². The Bertz CT molecular complexity index is 342. The Kier molecular flexibility index (Phi) is 2.80. The second kappa shape index (κ2) is 3.85. The summed E-state index contributed by atoms with van der Waals surface area (Å²) in [5.41, 5.74) is 2.31. The lowest BCUT2D eigenvalue weighted by Crippen LogP contribution is -2.05. The molecule has 0 radical (unpaired) electrons. The number of hydrogen-bond acceptors (Lipinski definition) is 3. The van der Waals surface area contributed by atoms with Gasteiger partial charge in [0, 0.05) is 0 Å². The van der Waals surface area contributed by atoms with Gasteiger partial charge in [0.1, 0.15) is 0 Å². The summed E-state index contributed by atoms with van der Waals surface area (Å²) in [7, 11) is 0. The maximum absolute atomic E-state index is 11.1. The molecule has 0 spiro atoms. The third kappa shape index (κ3) is 2.15. The molecule has 0 aliphatic rings. The van der Waals surface area contributed by atoms with Gasteiger partial charge in [-0.2, -0.15) is 0 Å². The lowest BCUT2D eigenvalue weighted by Gasteiger charge is -2.02. The Hall–Kier alpha value is -1.64. The summed E-state index contributed by atoms with van der Waals surface area (Å²) in [6.45, 7) is 3.87. The van der Waals surface area contributed by atoms with Crippen LogP contribution in [0.4, 0.5) is 0 Å². The predicted molar refractivity (Wildman–Crippen MR) is 47.4 cm³/mol. The van der Waals surface area contributed by atoms with Crippen molar-refractivity contribution in [2.45, 2.75) is 13.8 Å². The molecule has 0 N–H and O–H groups in total. The molecule has 0 fully saturated rings. The number of aryl methyl sites for hydroxylation is 2. The Balaban J connectivity index is 3.01. The first-order valence-electron chi connectivity index (χ1n) is 3.87. The molecule has 0 aromatic heterocycles. The minimum absolute atomic E-state index is 0.141. The average molecular weight is 178 g/mol. The summed E-state index contributed by atoms with van der Waals surface area (Å²) in [6, 6.07) is 5.31. The molecule has 3 heteroatoms. The summed E-state index contributed by atoms with van der Waals surface area (Å²) in [4.78, 5) is 21.0. The average Bonchev–Trinajstić information content (AvgIpc) is 2.04. The molecule has 0 saturated heterocycles. The number of carbonyl (C=O) groups excluding carboxylic acids is 2. The van der Waals surface area contributed by atoms with Gasteiger partial charge in [0.25, 0.3) is 0 Å². The molecule has 68 valence electrons. The molecule has 0 atom stereocenters. The summed E-state index contributed by atoms with van der Waals surface area (Å²) < 4.78 is 4.23. The van der Waals surface area contributed by atoms with Gasteiger partial charge in [0.15, 0.2) is 0 Å². The zero-order valence-electron chi connectivity index (χ0n) is 7.53. The van der Waals surface area contributed by atoms with Crippen LogP contribution in [0.1, 0.15) is 21.5 Å². The van der Waals surface area contributed by atoms with E-state index < -0.39 is 5.97 Å². The molecule has 3 nitrogen and oxygen atoms in total. The van der Waals surface area contributed by atoms with E-state index >= 15 is 0 Å². The Morgan fingerprint density at radius 3 is 2.62 bits per heavy atom. The van der Waals surface area contributed by atoms with Gasteiger partial charge in [0.05, 0.1) is 5.56 Å². The Morgan fingerprint density at radius 1 is 1.38 bits per heavy atom. The van der Waals surface area contributed by atoms with E-state index in [-0.39, 0.29) is 6.47 Å². The van der Waals surface area contributed by atoms with Crippen LogP contribution in [0.3, 0.4) is 0 Å². The number of ether oxygens (including phenoxy) is 1. The molecule has 13 heavy (non-hydrogen) atoms. The minimum atomic E-state index is -0.604. The maximum Gasteiger partial charge on any atom is 0.345 e. The minimum Gasteiger partial charge on any atom is -0.392 e. The van der Waals surface area contributed by atoms with Gasteiger partial charge in [-0.15, -0.1) is 0 Å². The molecule has 0 amide bonds. The van der Waals surface area contributed by atoms with E-state index in [4.69, 9.17) is 0 Å². The van der Waals surface area contributed by atoms with E-state index in [1.54, 1.807) is 19.1 Å². The first-order valence-corrected chi connectivity index (χ1v) is 3.87. The van der Waals surface area contributed by atoms with Crippen LogP contribution in [0.25, 0.3) is 0 Å². The van der Waals surface area contributed by atoms with Gasteiger partial charge in [-0.1, -0.05) is 17.7 Å². The van der Waals surface area contributed by atoms with Crippen LogP contribution in [0.2, 0.25) is 0 Å². The number of rotatable bonds is 2. The zero-order chi connectivity index (χ0) is 9.84. The third-order valence-electron chi connectivity index (χ3n) is 1.76. The van der Waals surface area contributed by atoms with Crippen molar-refractivity contribution in [3.05, 3.63) is 34.9 Å². The van der Waals surface area contributed by atoms with Crippen LogP contribution >= 0.6 is 0 Å². The lowest BCUT2D eigenvalue weighted by atomic mass is 10.1. The van der Waals surface area contributed by atoms with Crippen LogP contribution in [-0.2, 0) is 9.53 Å². The predicted octanol–water partition coefficient (Wildman–Crippen LogP) is 1.62. The van der Waals surface area contributed by atoms with Gasteiger partial charge in [0.2, 0.25) is 0 Å². The highest BCUT2D eigenvalue weighted by Gasteiger charge is 2.09. The second-order valence-electron chi connectivity index (χ2n) is 2.82. The van der Waals surface area contributed by atoms with Crippen molar-refractivity contribution in [2.75, 3.05) is 0 Å². The third-order valence-corrected chi connectivity index (χ3v) is 1.76. The van der Waals surface area contributed by atoms with E-state index in [1.165, 1.54) is 0 Å². The van der Waals surface area contributed by atoms with Gasteiger partial charge in [-0.3, -0.25) is 4.79 Å². The molecule has 1 aromatic rings. The van der Waals surface area contributed by atoms with E-state index in [1.807, 2.05) is 13.0 Å². The van der Waals surface area contributed by atoms with Crippen LogP contribution in [0.15, 0.2) is 18.2 Å². The Morgan fingerprint density at radius 2 is 2.08 bits per heavy atom. The van der Waals surface area contributed by atoms with Gasteiger partial charge in [-0.25, -0.2) is 4.79 Å². The summed E-state index contributed by atoms with van der Waals surface area (Å²) in [5, 5.41) is 0. The van der Waals surface area contributed by atoms with Crippen LogP contribution in [0, 0.1) is 13.8 Å². The van der Waals surface area contributed by atoms with Gasteiger partial charge >= 0.3 is 12.4 Å². The number of hydrogen-bond donors (Lipinski definition) is 0. The molecular weight excluding hydrogens is 168 g/mol. The maximum atomic E-state index is 11.1. The van der Waals surface area contributed by atoms with Crippen LogP contribution in [0.5, 0.6) is 0 Å². The molecule has 0 unspecified atom stereocenters. The van der Waals surface area contributed by atoms with E-state index in [9.17, 15) is 9.59 Å². The Labute approximate surface area is 76.3 Å². The number of carbonyl (C=O) groups is 2. The molecule has 1 rings (SSSR count). The molecular formula is C10H10O3. The van der Waals surface area contributed by atoms with E-state index in [0.29, 0.717) is 5.56 Å². The quantitative estimate of drug-likeness (QED) is 0.392. The smallest absolute Gasteiger partial charge is 0.345 e. The molecule has 0 bridgehead atoms. The van der Waals surface area contributed by atoms with Crippen molar-refractivity contribution in [1.82, 2.24) is 0 Å². The fraction of sp³-hybridized carbons (Fsp3) is 0.200. The normalized spacial score (nSPS) is 9.38. The van der Waals surface area contributed by atoms with Crippen molar-refractivity contribution < 1.29 is 14.3 Å². The summed E-state index contributed by atoms with van der Waals surface area (Å²) >= 11 is 0. The molecule has 0 aliphatic carbocycles. The lowest BCUT2D eigenvalue weighted by molar-refractivity contribution is -0.123. The van der Waals surface area contributed by atoms with Crippen molar-refractivity contribution in [1.29, 1.82) is 0 Å². The second-order valence-corrected chi connectivity index (χ2v) is 2.82. The number of benzene rings is 1. The first kappa shape index (κ1) is 9.45. The monoisotopic (exact) mass is 178 g/mol. The van der Waals surface area contributed by atoms with Crippen molar-refractivity contribution in [2.24, 2.45) is 0 Å². The van der Waals surface area contributed by atoms with E-state index in [2.05, 4.69) is 4.74 Å². The topological polar surface area (TPSA) is 43.4 Å². The summed E-state index contributed by atoms with van der Waals surface area (Å²) in [5.74, 6) is -0.604. The fourth-order valence-electron chi connectivity index (χ4n) is 1.15. The number of esters is 1. The molecule has 0 saturated carbocycles. The molecule has 0 aliphatic heterocycles. The van der Waals surface area contributed by atoms with Crippen molar-refractivity contribution in [3.63, 3.8) is 0 Å². The van der Waals surface area contributed by atoms with Gasteiger partial charge < -0.3 is 4.74 Å². The SMILES string of the molecule is Cc1ccc(C(=O)OC=O)c(C)c1. The van der Waals surface area contributed by atoms with Crippen molar-refractivity contribution >= 4 is 12.4 Å². The summed E-state index contributed by atoms with van der Waals surface area (Å²) in [6.07, 6.45) is 0. The first-order chi connectivity index (χ1) is 6.15. The van der Waals surface area contributed by atoms with Crippen LogP contribution < -0.4 is 0 Å². The molecule has 0 heterocycles. The highest BCUT2D eigenvalue weighted by Crippen LogP contribution is 2.11. The highest BCUT2D eigenvalue weighted by molar-refractivity contribution is 5.94. The van der Waals surface area contributed by atoms with E-state index in [0.717, 1.165) is 11.1 Å². The zero-order valence-corrected chi connectivity index (χ0v) is 7.53.